The van der Waals surface area contributed by atoms with E-state index in [0.29, 0.717) is 24.7 Å². The largest absolute Gasteiger partial charge is 0.369 e. The van der Waals surface area contributed by atoms with Crippen LogP contribution in [-0.4, -0.2) is 79.1 Å². The van der Waals surface area contributed by atoms with Crippen molar-refractivity contribution in [2.24, 2.45) is 10.7 Å². The van der Waals surface area contributed by atoms with E-state index in [-0.39, 0.29) is 29.9 Å². The normalized spacial score (nSPS) is 16.7. The average Bonchev–Trinajstić information content (AvgIpc) is 2.55. The monoisotopic (exact) mass is 496 g/mol. The number of likely N-dealkylation sites (tertiary alicyclic amines) is 1. The number of aliphatic imine (C=N–C) groups is 1. The summed E-state index contributed by atoms with van der Waals surface area (Å²) in [6.07, 6.45) is 3.07. The van der Waals surface area contributed by atoms with Crippen LogP contribution < -0.4 is 16.4 Å². The highest BCUT2D eigenvalue weighted by molar-refractivity contribution is 14.0. The molecule has 0 unspecified atom stereocenters. The van der Waals surface area contributed by atoms with Gasteiger partial charge in [0.15, 0.2) is 5.96 Å². The second-order valence-corrected chi connectivity index (χ2v) is 7.70. The van der Waals surface area contributed by atoms with Crippen molar-refractivity contribution in [3.8, 4) is 0 Å². The van der Waals surface area contributed by atoms with Gasteiger partial charge in [-0.15, -0.1) is 24.0 Å². The smallest absolute Gasteiger partial charge is 0.231 e. The van der Waals surface area contributed by atoms with E-state index in [1.807, 2.05) is 0 Å². The van der Waals surface area contributed by atoms with Crippen LogP contribution in [0.5, 0.6) is 0 Å². The molecule has 4 N–H and O–H groups in total. The molecule has 1 fully saturated rings. The first-order valence-corrected chi connectivity index (χ1v) is 10.1. The molecule has 0 aromatic carbocycles. The maximum absolute atomic E-state index is 11.0. The van der Waals surface area contributed by atoms with E-state index in [2.05, 4.69) is 55.1 Å². The summed E-state index contributed by atoms with van der Waals surface area (Å²) in [5.74, 6) is 0.657. The SMILES string of the molecule is CCNC(=NCCCN(C(C)C)C(C)C)NC1CCN(CC(N)=O)CC1.I. The molecule has 0 atom stereocenters. The van der Waals surface area contributed by atoms with Gasteiger partial charge in [-0.05, 0) is 53.9 Å². The third kappa shape index (κ3) is 11.1. The van der Waals surface area contributed by atoms with E-state index in [1.54, 1.807) is 0 Å². The zero-order valence-electron chi connectivity index (χ0n) is 17.8. The molecule has 7 nitrogen and oxygen atoms in total. The van der Waals surface area contributed by atoms with E-state index in [9.17, 15) is 4.79 Å². The first-order valence-electron chi connectivity index (χ1n) is 10.1. The maximum atomic E-state index is 11.0. The Kier molecular flexibility index (Phi) is 14.1. The lowest BCUT2D eigenvalue weighted by Gasteiger charge is -2.32. The number of carbonyl (C=O) groups is 1. The van der Waals surface area contributed by atoms with Crippen molar-refractivity contribution in [2.75, 3.05) is 39.3 Å². The Morgan fingerprint density at radius 2 is 1.81 bits per heavy atom. The number of nitrogens with two attached hydrogens (primary N) is 1. The van der Waals surface area contributed by atoms with Gasteiger partial charge in [-0.2, -0.15) is 0 Å². The van der Waals surface area contributed by atoms with Crippen LogP contribution in [-0.2, 0) is 4.79 Å². The van der Waals surface area contributed by atoms with Crippen LogP contribution in [0.25, 0.3) is 0 Å². The lowest BCUT2D eigenvalue weighted by molar-refractivity contribution is -0.119. The Morgan fingerprint density at radius 1 is 1.22 bits per heavy atom. The molecule has 0 saturated carbocycles. The molecule has 1 aliphatic heterocycles. The standard InChI is InChI=1S/C19H40N6O.HI/c1-6-21-19(22-10-7-11-25(15(2)3)16(4)5)23-17-8-12-24(13-9-17)14-18(20)26;/h15-17H,6-14H2,1-5H3,(H2,20,26)(H2,21,22,23);1H. The predicted octanol–water partition coefficient (Wildman–Crippen LogP) is 1.62. The average molecular weight is 496 g/mol. The number of halogens is 1. The van der Waals surface area contributed by atoms with Gasteiger partial charge in [-0.25, -0.2) is 0 Å². The number of hydrogen-bond donors (Lipinski definition) is 3. The van der Waals surface area contributed by atoms with E-state index in [1.165, 1.54) is 0 Å². The third-order valence-corrected chi connectivity index (χ3v) is 4.82. The van der Waals surface area contributed by atoms with E-state index < -0.39 is 0 Å². The fourth-order valence-electron chi connectivity index (χ4n) is 3.53. The van der Waals surface area contributed by atoms with Crippen molar-refractivity contribution < 1.29 is 4.79 Å². The van der Waals surface area contributed by atoms with Gasteiger partial charge in [0.1, 0.15) is 0 Å². The molecule has 0 aliphatic carbocycles. The van der Waals surface area contributed by atoms with Gasteiger partial charge in [-0.3, -0.25) is 19.6 Å². The molecule has 8 heteroatoms. The Balaban J connectivity index is 0.00000676. The van der Waals surface area contributed by atoms with Crippen LogP contribution in [0.1, 0.15) is 53.9 Å². The molecule has 0 aromatic rings. The zero-order chi connectivity index (χ0) is 19.5. The maximum Gasteiger partial charge on any atom is 0.231 e. The Hall–Kier alpha value is -0.610. The summed E-state index contributed by atoms with van der Waals surface area (Å²) in [6.45, 7) is 16.0. The first-order chi connectivity index (χ1) is 12.3. The number of nitrogens with zero attached hydrogens (tertiary/aromatic N) is 3. The summed E-state index contributed by atoms with van der Waals surface area (Å²) in [4.78, 5) is 20.4. The molecule has 1 rings (SSSR count). The summed E-state index contributed by atoms with van der Waals surface area (Å²) in [5, 5.41) is 6.89. The Bertz CT molecular complexity index is 428. The Labute approximate surface area is 182 Å². The van der Waals surface area contributed by atoms with Crippen molar-refractivity contribution in [3.63, 3.8) is 0 Å². The quantitative estimate of drug-likeness (QED) is 0.185. The number of primary amides is 1. The van der Waals surface area contributed by atoms with Crippen LogP contribution in [0.2, 0.25) is 0 Å². The first kappa shape index (κ1) is 26.4. The predicted molar refractivity (Wildman–Crippen MR) is 125 cm³/mol. The van der Waals surface area contributed by atoms with E-state index >= 15 is 0 Å². The number of rotatable bonds is 10. The van der Waals surface area contributed by atoms with Gasteiger partial charge >= 0.3 is 0 Å². The van der Waals surface area contributed by atoms with Gasteiger partial charge in [0.2, 0.25) is 5.91 Å². The summed E-state index contributed by atoms with van der Waals surface area (Å²) in [5.41, 5.74) is 5.28. The molecule has 0 bridgehead atoms. The molecule has 27 heavy (non-hydrogen) atoms. The highest BCUT2D eigenvalue weighted by atomic mass is 127. The van der Waals surface area contributed by atoms with Crippen LogP contribution in [0.3, 0.4) is 0 Å². The van der Waals surface area contributed by atoms with Crippen molar-refractivity contribution in [3.05, 3.63) is 0 Å². The number of piperidine rings is 1. The summed E-state index contributed by atoms with van der Waals surface area (Å²) in [7, 11) is 0. The third-order valence-electron chi connectivity index (χ3n) is 4.82. The summed E-state index contributed by atoms with van der Waals surface area (Å²) in [6, 6.07) is 1.53. The number of nitrogens with one attached hydrogen (secondary N) is 2. The van der Waals surface area contributed by atoms with Crippen LogP contribution in [0.15, 0.2) is 4.99 Å². The molecule has 1 saturated heterocycles. The van der Waals surface area contributed by atoms with Gasteiger partial charge in [0, 0.05) is 50.8 Å². The molecule has 1 heterocycles. The molecule has 0 spiro atoms. The fraction of sp³-hybridized carbons (Fsp3) is 0.895. The second-order valence-electron chi connectivity index (χ2n) is 7.70. The van der Waals surface area contributed by atoms with E-state index in [4.69, 9.17) is 10.7 Å². The van der Waals surface area contributed by atoms with Crippen LogP contribution >= 0.6 is 24.0 Å². The second kappa shape index (κ2) is 14.4. The number of carbonyl (C=O) groups excluding carboxylic acids is 1. The number of guanidine groups is 1. The lowest BCUT2D eigenvalue weighted by Crippen LogP contribution is -2.49. The molecule has 1 amide bonds. The minimum atomic E-state index is -0.247. The van der Waals surface area contributed by atoms with Gasteiger partial charge in [0.05, 0.1) is 6.54 Å². The topological polar surface area (TPSA) is 86.0 Å². The molecular formula is C19H41IN6O. The molecule has 0 aromatic heterocycles. The zero-order valence-corrected chi connectivity index (χ0v) is 20.2. The fourth-order valence-corrected chi connectivity index (χ4v) is 3.53. The molecule has 1 aliphatic rings. The number of hydrogen-bond acceptors (Lipinski definition) is 4. The number of amides is 1. The van der Waals surface area contributed by atoms with Gasteiger partial charge < -0.3 is 16.4 Å². The highest BCUT2D eigenvalue weighted by Gasteiger charge is 2.20. The molecular weight excluding hydrogens is 455 g/mol. The highest BCUT2D eigenvalue weighted by Crippen LogP contribution is 2.10. The van der Waals surface area contributed by atoms with E-state index in [0.717, 1.165) is 57.9 Å². The van der Waals surface area contributed by atoms with Gasteiger partial charge in [0.25, 0.3) is 0 Å². The molecule has 0 radical (unpaired) electrons. The van der Waals surface area contributed by atoms with Crippen molar-refractivity contribution in [1.29, 1.82) is 0 Å². The summed E-state index contributed by atoms with van der Waals surface area (Å²) >= 11 is 0. The van der Waals surface area contributed by atoms with Crippen molar-refractivity contribution in [2.45, 2.75) is 72.0 Å². The minimum absolute atomic E-state index is 0. The minimum Gasteiger partial charge on any atom is -0.369 e. The van der Waals surface area contributed by atoms with Crippen molar-refractivity contribution >= 4 is 35.8 Å². The lowest BCUT2D eigenvalue weighted by atomic mass is 10.1. The van der Waals surface area contributed by atoms with Crippen molar-refractivity contribution in [1.82, 2.24) is 20.4 Å². The van der Waals surface area contributed by atoms with Crippen LogP contribution in [0.4, 0.5) is 0 Å². The van der Waals surface area contributed by atoms with Crippen LogP contribution in [0, 0.1) is 0 Å². The van der Waals surface area contributed by atoms with Gasteiger partial charge in [-0.1, -0.05) is 0 Å². The molecule has 160 valence electrons. The summed E-state index contributed by atoms with van der Waals surface area (Å²) < 4.78 is 0. The Morgan fingerprint density at radius 3 is 2.30 bits per heavy atom.